The Hall–Kier alpha value is -2.38. The van der Waals surface area contributed by atoms with Crippen LogP contribution in [0.15, 0.2) is 35.2 Å². The number of benzene rings is 2. The fourth-order valence-electron chi connectivity index (χ4n) is 3.27. The van der Waals surface area contributed by atoms with Gasteiger partial charge in [0.25, 0.3) is 0 Å². The molecule has 0 aromatic heterocycles. The van der Waals surface area contributed by atoms with Gasteiger partial charge in [-0.2, -0.15) is 0 Å². The largest absolute Gasteiger partial charge is 0.496 e. The van der Waals surface area contributed by atoms with Gasteiger partial charge in [-0.15, -0.1) is 0 Å². The van der Waals surface area contributed by atoms with E-state index in [-0.39, 0.29) is 16.4 Å². The number of hydrogen-bond donors (Lipinski definition) is 1. The maximum atomic E-state index is 13.0. The van der Waals surface area contributed by atoms with Crippen molar-refractivity contribution in [1.82, 2.24) is 4.72 Å². The Morgan fingerprint density at radius 1 is 0.966 bits per heavy atom. The van der Waals surface area contributed by atoms with Gasteiger partial charge in [0.1, 0.15) is 5.75 Å². The topological polar surface area (TPSA) is 81.7 Å². The van der Waals surface area contributed by atoms with Gasteiger partial charge in [-0.1, -0.05) is 19.9 Å². The summed E-state index contributed by atoms with van der Waals surface area (Å²) in [6, 6.07) is 7.87. The third kappa shape index (κ3) is 4.97. The molecule has 0 aliphatic rings. The van der Waals surface area contributed by atoms with Crippen LogP contribution in [0.3, 0.4) is 0 Å². The Bertz CT molecular complexity index is 1010. The number of esters is 1. The van der Waals surface area contributed by atoms with Gasteiger partial charge in [0.15, 0.2) is 0 Å². The van der Waals surface area contributed by atoms with Gasteiger partial charge in [0.05, 0.1) is 24.7 Å². The van der Waals surface area contributed by atoms with E-state index in [1.54, 1.807) is 27.0 Å². The number of methoxy groups -OCH3 is 2. The van der Waals surface area contributed by atoms with E-state index in [0.29, 0.717) is 5.56 Å². The summed E-state index contributed by atoms with van der Waals surface area (Å²) < 4.78 is 38.8. The van der Waals surface area contributed by atoms with Crippen molar-refractivity contribution in [3.63, 3.8) is 0 Å². The number of carbonyl (C=O) groups excluding carboxylic acids is 1. The van der Waals surface area contributed by atoms with Crippen molar-refractivity contribution in [3.8, 4) is 5.75 Å². The minimum atomic E-state index is -3.84. The van der Waals surface area contributed by atoms with Crippen molar-refractivity contribution in [3.05, 3.63) is 58.1 Å². The van der Waals surface area contributed by atoms with Crippen LogP contribution in [0.25, 0.3) is 0 Å². The second-order valence-corrected chi connectivity index (χ2v) is 9.13. The van der Waals surface area contributed by atoms with E-state index in [2.05, 4.69) is 18.6 Å². The van der Waals surface area contributed by atoms with Gasteiger partial charge in [-0.25, -0.2) is 17.9 Å². The summed E-state index contributed by atoms with van der Waals surface area (Å²) in [6.45, 7) is 9.58. The molecular weight excluding hydrogens is 390 g/mol. The molecule has 0 saturated carbocycles. The highest BCUT2D eigenvalue weighted by Crippen LogP contribution is 2.32. The fourth-order valence-corrected chi connectivity index (χ4v) is 4.52. The molecule has 0 spiro atoms. The minimum absolute atomic E-state index is 0.0191. The van der Waals surface area contributed by atoms with Crippen LogP contribution in [0.2, 0.25) is 0 Å². The minimum Gasteiger partial charge on any atom is -0.496 e. The lowest BCUT2D eigenvalue weighted by Gasteiger charge is -2.21. The van der Waals surface area contributed by atoms with Crippen LogP contribution >= 0.6 is 0 Å². The summed E-state index contributed by atoms with van der Waals surface area (Å²) in [4.78, 5) is 11.9. The standard InChI is InChI=1S/C22H29NO5S/c1-13(2)18-12-19(15(4)10-21(18)27-6)16(5)23-29(25,26)17-9-8-14(3)20(11-17)22(24)28-7/h8-13,16,23H,1-7H3/t16-/m0/s1. The summed E-state index contributed by atoms with van der Waals surface area (Å²) in [5, 5.41) is 0. The summed E-state index contributed by atoms with van der Waals surface area (Å²) in [5.74, 6) is 0.450. The molecule has 0 saturated heterocycles. The highest BCUT2D eigenvalue weighted by molar-refractivity contribution is 7.89. The van der Waals surface area contributed by atoms with Crippen LogP contribution in [-0.4, -0.2) is 28.6 Å². The molecule has 2 aromatic rings. The van der Waals surface area contributed by atoms with Crippen LogP contribution in [0.1, 0.15) is 65.3 Å². The first-order valence-electron chi connectivity index (χ1n) is 9.41. The van der Waals surface area contributed by atoms with E-state index in [4.69, 9.17) is 9.47 Å². The van der Waals surface area contributed by atoms with Crippen molar-refractivity contribution in [2.45, 2.75) is 51.5 Å². The molecular formula is C22H29NO5S. The average Bonchev–Trinajstić information content (AvgIpc) is 2.66. The zero-order valence-corrected chi connectivity index (χ0v) is 18.8. The molecule has 0 amide bonds. The number of rotatable bonds is 7. The third-order valence-corrected chi connectivity index (χ3v) is 6.50. The maximum Gasteiger partial charge on any atom is 0.338 e. The van der Waals surface area contributed by atoms with Crippen molar-refractivity contribution < 1.29 is 22.7 Å². The highest BCUT2D eigenvalue weighted by atomic mass is 32.2. The summed E-state index contributed by atoms with van der Waals surface area (Å²) in [6.07, 6.45) is 0. The molecule has 6 nitrogen and oxygen atoms in total. The molecule has 1 atom stereocenters. The molecule has 158 valence electrons. The maximum absolute atomic E-state index is 13.0. The third-order valence-electron chi connectivity index (χ3n) is 4.96. The van der Waals surface area contributed by atoms with E-state index in [0.717, 1.165) is 22.4 Å². The van der Waals surface area contributed by atoms with E-state index in [1.807, 2.05) is 19.1 Å². The highest BCUT2D eigenvalue weighted by Gasteiger charge is 2.23. The zero-order valence-electron chi connectivity index (χ0n) is 18.0. The Balaban J connectivity index is 2.41. The predicted molar refractivity (Wildman–Crippen MR) is 113 cm³/mol. The van der Waals surface area contributed by atoms with E-state index in [9.17, 15) is 13.2 Å². The molecule has 0 aliphatic carbocycles. The molecule has 2 aromatic carbocycles. The number of carbonyl (C=O) groups is 1. The molecule has 0 heterocycles. The smallest absolute Gasteiger partial charge is 0.338 e. The van der Waals surface area contributed by atoms with Crippen LogP contribution < -0.4 is 9.46 Å². The lowest BCUT2D eigenvalue weighted by molar-refractivity contribution is 0.0599. The first-order chi connectivity index (χ1) is 13.5. The molecule has 1 N–H and O–H groups in total. The zero-order chi connectivity index (χ0) is 21.9. The molecule has 0 fully saturated rings. The molecule has 7 heteroatoms. The first-order valence-corrected chi connectivity index (χ1v) is 10.9. The molecule has 0 unspecified atom stereocenters. The monoisotopic (exact) mass is 419 g/mol. The van der Waals surface area contributed by atoms with E-state index < -0.39 is 22.0 Å². The van der Waals surface area contributed by atoms with Gasteiger partial charge in [-0.3, -0.25) is 0 Å². The number of hydrogen-bond acceptors (Lipinski definition) is 5. The molecule has 0 radical (unpaired) electrons. The summed E-state index contributed by atoms with van der Waals surface area (Å²) in [7, 11) is -0.950. The quantitative estimate of drug-likeness (QED) is 0.678. The van der Waals surface area contributed by atoms with Crippen molar-refractivity contribution >= 4 is 16.0 Å². The van der Waals surface area contributed by atoms with Gasteiger partial charge < -0.3 is 9.47 Å². The lowest BCUT2D eigenvalue weighted by Crippen LogP contribution is -2.28. The lowest BCUT2D eigenvalue weighted by atomic mass is 9.94. The Kier molecular flexibility index (Phi) is 7.08. The van der Waals surface area contributed by atoms with Crippen molar-refractivity contribution in [2.24, 2.45) is 0 Å². The average molecular weight is 420 g/mol. The first kappa shape index (κ1) is 22.9. The molecule has 0 bridgehead atoms. The van der Waals surface area contributed by atoms with Crippen LogP contribution in [-0.2, 0) is 14.8 Å². The fraction of sp³-hybridized carbons (Fsp3) is 0.409. The van der Waals surface area contributed by atoms with Crippen molar-refractivity contribution in [1.29, 1.82) is 0 Å². The van der Waals surface area contributed by atoms with Crippen LogP contribution in [0, 0.1) is 13.8 Å². The SMILES string of the molecule is COC(=O)c1cc(S(=O)(=O)N[C@@H](C)c2cc(C(C)C)c(OC)cc2C)ccc1C. The number of sulfonamides is 1. The second kappa shape index (κ2) is 8.97. The Morgan fingerprint density at radius 3 is 2.17 bits per heavy atom. The van der Waals surface area contributed by atoms with Gasteiger partial charge in [-0.05, 0) is 73.2 Å². The number of aryl methyl sites for hydroxylation is 2. The van der Waals surface area contributed by atoms with Gasteiger partial charge >= 0.3 is 5.97 Å². The van der Waals surface area contributed by atoms with Crippen LogP contribution in [0.5, 0.6) is 5.75 Å². The predicted octanol–water partition coefficient (Wildman–Crippen LogP) is 4.26. The van der Waals surface area contributed by atoms with Crippen LogP contribution in [0.4, 0.5) is 0 Å². The Labute approximate surface area is 173 Å². The number of ether oxygens (including phenoxy) is 2. The van der Waals surface area contributed by atoms with E-state index >= 15 is 0 Å². The van der Waals surface area contributed by atoms with Gasteiger partial charge in [0, 0.05) is 6.04 Å². The Morgan fingerprint density at radius 2 is 1.62 bits per heavy atom. The molecule has 0 aliphatic heterocycles. The molecule has 2 rings (SSSR count). The normalized spacial score (nSPS) is 12.7. The van der Waals surface area contributed by atoms with Gasteiger partial charge in [0.2, 0.25) is 10.0 Å². The second-order valence-electron chi connectivity index (χ2n) is 7.42. The number of nitrogens with one attached hydrogen (secondary N) is 1. The summed E-state index contributed by atoms with van der Waals surface area (Å²) >= 11 is 0. The summed E-state index contributed by atoms with van der Waals surface area (Å²) in [5.41, 5.74) is 3.70. The molecule has 29 heavy (non-hydrogen) atoms. The van der Waals surface area contributed by atoms with Crippen molar-refractivity contribution in [2.75, 3.05) is 14.2 Å². The van der Waals surface area contributed by atoms with E-state index in [1.165, 1.54) is 19.2 Å².